The minimum Gasteiger partial charge on any atom is -0.478 e. The molecule has 2 aromatic carbocycles. The number of nitrogens with zero attached hydrogens (tertiary/aromatic N) is 1. The van der Waals surface area contributed by atoms with Gasteiger partial charge in [0.2, 0.25) is 0 Å². The Kier molecular flexibility index (Phi) is 4.38. The van der Waals surface area contributed by atoms with E-state index >= 15 is 0 Å². The fraction of sp³-hybridized carbons (Fsp3) is 0.176. The summed E-state index contributed by atoms with van der Waals surface area (Å²) in [6.07, 6.45) is 0. The van der Waals surface area contributed by atoms with Crippen LogP contribution >= 0.6 is 0 Å². The van der Waals surface area contributed by atoms with Gasteiger partial charge in [0.05, 0.1) is 5.56 Å². The van der Waals surface area contributed by atoms with Crippen LogP contribution in [0.1, 0.15) is 31.8 Å². The minimum absolute atomic E-state index is 0.131. The number of rotatable bonds is 4. The van der Waals surface area contributed by atoms with Gasteiger partial charge in [-0.1, -0.05) is 30.3 Å². The lowest BCUT2D eigenvalue weighted by Gasteiger charge is -2.18. The fourth-order valence-corrected chi connectivity index (χ4v) is 2.18. The molecule has 108 valence electrons. The monoisotopic (exact) mass is 283 g/mol. The first-order valence-electron chi connectivity index (χ1n) is 6.62. The number of carbonyl (C=O) groups is 2. The molecule has 0 atom stereocenters. The summed E-state index contributed by atoms with van der Waals surface area (Å²) in [5.41, 5.74) is 2.31. The molecule has 0 aliphatic carbocycles. The third kappa shape index (κ3) is 3.69. The molecular weight excluding hydrogens is 266 g/mol. The Morgan fingerprint density at radius 3 is 2.29 bits per heavy atom. The molecule has 0 fully saturated rings. The third-order valence-electron chi connectivity index (χ3n) is 3.18. The maximum absolute atomic E-state index is 12.4. The summed E-state index contributed by atoms with van der Waals surface area (Å²) in [6, 6.07) is 14.3. The first kappa shape index (κ1) is 14.8. The number of benzene rings is 2. The molecule has 1 amide bonds. The second-order valence-corrected chi connectivity index (χ2v) is 5.04. The molecular formula is C17H17NO3. The van der Waals surface area contributed by atoms with Crippen LogP contribution in [0.5, 0.6) is 0 Å². The molecule has 0 radical (unpaired) electrons. The maximum atomic E-state index is 12.4. The topological polar surface area (TPSA) is 57.6 Å². The lowest BCUT2D eigenvalue weighted by Crippen LogP contribution is -2.26. The van der Waals surface area contributed by atoms with Crippen LogP contribution in [0.2, 0.25) is 0 Å². The predicted octanol–water partition coefficient (Wildman–Crippen LogP) is 2.97. The number of carboxylic acid groups (broad SMARTS) is 1. The van der Waals surface area contributed by atoms with Gasteiger partial charge in [-0.3, -0.25) is 4.79 Å². The highest BCUT2D eigenvalue weighted by atomic mass is 16.4. The number of hydrogen-bond acceptors (Lipinski definition) is 2. The molecule has 0 saturated carbocycles. The standard InChI is InChI=1S/C17H17NO3/c1-12-8-14(10-15(9-12)17(20)21)16(19)18(2)11-13-6-4-3-5-7-13/h3-10H,11H2,1-2H3,(H,20,21). The number of aromatic carboxylic acids is 1. The van der Waals surface area contributed by atoms with Crippen molar-refractivity contribution >= 4 is 11.9 Å². The molecule has 21 heavy (non-hydrogen) atoms. The van der Waals surface area contributed by atoms with E-state index in [2.05, 4.69) is 0 Å². The highest BCUT2D eigenvalue weighted by Crippen LogP contribution is 2.13. The van der Waals surface area contributed by atoms with E-state index < -0.39 is 5.97 Å². The maximum Gasteiger partial charge on any atom is 0.335 e. The highest BCUT2D eigenvalue weighted by molar-refractivity contribution is 5.97. The van der Waals surface area contributed by atoms with E-state index in [1.54, 1.807) is 31.0 Å². The number of carboxylic acids is 1. The quantitative estimate of drug-likeness (QED) is 0.938. The molecule has 2 rings (SSSR count). The van der Waals surface area contributed by atoms with Crippen molar-refractivity contribution in [3.63, 3.8) is 0 Å². The van der Waals surface area contributed by atoms with Gasteiger partial charge in [0.1, 0.15) is 0 Å². The van der Waals surface area contributed by atoms with Crippen molar-refractivity contribution < 1.29 is 14.7 Å². The number of aryl methyl sites for hydroxylation is 1. The summed E-state index contributed by atoms with van der Waals surface area (Å²) in [5, 5.41) is 9.06. The second kappa shape index (κ2) is 6.22. The van der Waals surface area contributed by atoms with Crippen molar-refractivity contribution in [2.45, 2.75) is 13.5 Å². The predicted molar refractivity (Wildman–Crippen MR) is 80.4 cm³/mol. The van der Waals surface area contributed by atoms with E-state index in [0.29, 0.717) is 12.1 Å². The Morgan fingerprint density at radius 1 is 1.05 bits per heavy atom. The average molecular weight is 283 g/mol. The zero-order valence-corrected chi connectivity index (χ0v) is 12.0. The zero-order chi connectivity index (χ0) is 15.4. The second-order valence-electron chi connectivity index (χ2n) is 5.04. The third-order valence-corrected chi connectivity index (χ3v) is 3.18. The van der Waals surface area contributed by atoms with Crippen LogP contribution in [0.3, 0.4) is 0 Å². The summed E-state index contributed by atoms with van der Waals surface area (Å²) < 4.78 is 0. The molecule has 0 heterocycles. The Morgan fingerprint density at radius 2 is 1.67 bits per heavy atom. The number of carbonyl (C=O) groups excluding carboxylic acids is 1. The normalized spacial score (nSPS) is 10.2. The molecule has 0 aliphatic rings. The molecule has 0 unspecified atom stereocenters. The van der Waals surface area contributed by atoms with Crippen LogP contribution in [0.4, 0.5) is 0 Å². The van der Waals surface area contributed by atoms with Crippen LogP contribution in [0, 0.1) is 6.92 Å². The molecule has 1 N–H and O–H groups in total. The summed E-state index contributed by atoms with van der Waals surface area (Å²) in [7, 11) is 1.71. The van der Waals surface area contributed by atoms with Crippen molar-refractivity contribution in [1.29, 1.82) is 0 Å². The van der Waals surface area contributed by atoms with Crippen LogP contribution in [0.25, 0.3) is 0 Å². The summed E-state index contributed by atoms with van der Waals surface area (Å²) >= 11 is 0. The Balaban J connectivity index is 2.21. The van der Waals surface area contributed by atoms with Gasteiger partial charge in [0.15, 0.2) is 0 Å². The van der Waals surface area contributed by atoms with Crippen molar-refractivity contribution in [3.05, 3.63) is 70.8 Å². The van der Waals surface area contributed by atoms with Gasteiger partial charge in [-0.15, -0.1) is 0 Å². The summed E-state index contributed by atoms with van der Waals surface area (Å²) in [5.74, 6) is -1.22. The van der Waals surface area contributed by atoms with Gasteiger partial charge >= 0.3 is 5.97 Å². The molecule has 4 heteroatoms. The largest absolute Gasteiger partial charge is 0.478 e. The Labute approximate surface area is 123 Å². The SMILES string of the molecule is Cc1cc(C(=O)O)cc(C(=O)N(C)Cc2ccccc2)c1. The van der Waals surface area contributed by atoms with Crippen LogP contribution in [-0.2, 0) is 6.54 Å². The average Bonchev–Trinajstić information content (AvgIpc) is 2.46. The van der Waals surface area contributed by atoms with E-state index in [4.69, 9.17) is 5.11 Å². The first-order valence-corrected chi connectivity index (χ1v) is 6.62. The van der Waals surface area contributed by atoms with Gasteiger partial charge in [-0.05, 0) is 36.2 Å². The smallest absolute Gasteiger partial charge is 0.335 e. The number of hydrogen-bond donors (Lipinski definition) is 1. The molecule has 2 aromatic rings. The lowest BCUT2D eigenvalue weighted by atomic mass is 10.1. The molecule has 0 bridgehead atoms. The molecule has 0 aromatic heterocycles. The van der Waals surface area contributed by atoms with E-state index in [1.807, 2.05) is 30.3 Å². The van der Waals surface area contributed by atoms with Crippen molar-refractivity contribution in [2.24, 2.45) is 0 Å². The van der Waals surface area contributed by atoms with E-state index in [1.165, 1.54) is 6.07 Å². The van der Waals surface area contributed by atoms with Gasteiger partial charge in [0, 0.05) is 19.2 Å². The highest BCUT2D eigenvalue weighted by Gasteiger charge is 2.15. The molecule has 0 aliphatic heterocycles. The molecule has 0 saturated heterocycles. The van der Waals surface area contributed by atoms with E-state index in [0.717, 1.165) is 11.1 Å². The lowest BCUT2D eigenvalue weighted by molar-refractivity contribution is 0.0696. The Bertz CT molecular complexity index is 665. The zero-order valence-electron chi connectivity index (χ0n) is 12.0. The van der Waals surface area contributed by atoms with Crippen molar-refractivity contribution in [2.75, 3.05) is 7.05 Å². The summed E-state index contributed by atoms with van der Waals surface area (Å²) in [4.78, 5) is 25.1. The molecule has 4 nitrogen and oxygen atoms in total. The minimum atomic E-state index is -1.03. The van der Waals surface area contributed by atoms with Crippen LogP contribution in [0.15, 0.2) is 48.5 Å². The van der Waals surface area contributed by atoms with Crippen LogP contribution < -0.4 is 0 Å². The Hall–Kier alpha value is -2.62. The van der Waals surface area contributed by atoms with Gasteiger partial charge in [-0.2, -0.15) is 0 Å². The summed E-state index contributed by atoms with van der Waals surface area (Å²) in [6.45, 7) is 2.26. The van der Waals surface area contributed by atoms with Crippen LogP contribution in [-0.4, -0.2) is 28.9 Å². The number of amides is 1. The first-order chi connectivity index (χ1) is 9.97. The van der Waals surface area contributed by atoms with E-state index in [-0.39, 0.29) is 11.5 Å². The van der Waals surface area contributed by atoms with Gasteiger partial charge < -0.3 is 10.0 Å². The van der Waals surface area contributed by atoms with E-state index in [9.17, 15) is 9.59 Å². The fourth-order valence-electron chi connectivity index (χ4n) is 2.18. The van der Waals surface area contributed by atoms with Crippen molar-refractivity contribution in [3.8, 4) is 0 Å². The van der Waals surface area contributed by atoms with Gasteiger partial charge in [-0.25, -0.2) is 4.79 Å². The van der Waals surface area contributed by atoms with Crippen molar-refractivity contribution in [1.82, 2.24) is 4.90 Å². The van der Waals surface area contributed by atoms with Gasteiger partial charge in [0.25, 0.3) is 5.91 Å². The molecule has 0 spiro atoms.